The molecule has 0 fully saturated rings. The zero-order valence-electron chi connectivity index (χ0n) is 12.7. The number of aryl methyl sites for hydroxylation is 1. The topological polar surface area (TPSA) is 104 Å². The fraction of sp³-hybridized carbons (Fsp3) is 0.400. The summed E-state index contributed by atoms with van der Waals surface area (Å²) in [4.78, 5) is 23.5. The maximum Gasteiger partial charge on any atom is 0.314 e. The third-order valence-corrected chi connectivity index (χ3v) is 4.05. The van der Waals surface area contributed by atoms with E-state index in [0.29, 0.717) is 25.1 Å². The van der Waals surface area contributed by atoms with Crippen LogP contribution in [-0.4, -0.2) is 35.2 Å². The fourth-order valence-corrected chi connectivity index (χ4v) is 2.92. The van der Waals surface area contributed by atoms with E-state index in [0.717, 1.165) is 5.56 Å². The first-order chi connectivity index (χ1) is 11.1. The van der Waals surface area contributed by atoms with Crippen molar-refractivity contribution in [3.8, 4) is 0 Å². The van der Waals surface area contributed by atoms with Crippen molar-refractivity contribution in [3.05, 3.63) is 34.2 Å². The summed E-state index contributed by atoms with van der Waals surface area (Å²) in [6, 6.07) is 3.53. The van der Waals surface area contributed by atoms with E-state index < -0.39 is 11.8 Å². The molecule has 2 aromatic heterocycles. The Morgan fingerprint density at radius 3 is 2.83 bits per heavy atom. The second-order valence-electron chi connectivity index (χ2n) is 5.09. The van der Waals surface area contributed by atoms with Crippen LogP contribution in [0, 0.1) is 6.92 Å². The highest BCUT2D eigenvalue weighted by molar-refractivity contribution is 7.07. The molecule has 0 unspecified atom stereocenters. The summed E-state index contributed by atoms with van der Waals surface area (Å²) in [7, 11) is 0. The van der Waals surface area contributed by atoms with Crippen LogP contribution in [-0.2, 0) is 9.59 Å². The van der Waals surface area contributed by atoms with Gasteiger partial charge in [0.15, 0.2) is 5.82 Å². The molecular formula is C15H19N3O4S. The van der Waals surface area contributed by atoms with Gasteiger partial charge in [-0.25, -0.2) is 0 Å². The molecule has 0 saturated carbocycles. The van der Waals surface area contributed by atoms with Gasteiger partial charge >= 0.3 is 11.8 Å². The first-order valence-corrected chi connectivity index (χ1v) is 8.20. The molecular weight excluding hydrogens is 318 g/mol. The molecule has 124 valence electrons. The van der Waals surface area contributed by atoms with Gasteiger partial charge in [-0.05, 0) is 48.1 Å². The normalized spacial score (nSPS) is 11.9. The van der Waals surface area contributed by atoms with Crippen LogP contribution in [0.25, 0.3) is 0 Å². The van der Waals surface area contributed by atoms with Crippen LogP contribution in [0.3, 0.4) is 0 Å². The average molecular weight is 337 g/mol. The molecule has 0 bridgehead atoms. The number of amides is 2. The van der Waals surface area contributed by atoms with Crippen LogP contribution < -0.4 is 10.6 Å². The number of carbonyl (C=O) groups is 2. The van der Waals surface area contributed by atoms with Crippen molar-refractivity contribution in [2.75, 3.05) is 18.5 Å². The van der Waals surface area contributed by atoms with Crippen LogP contribution >= 0.6 is 11.3 Å². The Hall–Kier alpha value is -2.19. The minimum absolute atomic E-state index is 0.0838. The molecule has 0 aliphatic rings. The van der Waals surface area contributed by atoms with Gasteiger partial charge in [-0.2, -0.15) is 11.3 Å². The van der Waals surface area contributed by atoms with Crippen LogP contribution in [0.1, 0.15) is 30.1 Å². The summed E-state index contributed by atoms with van der Waals surface area (Å²) in [5.74, 6) is -0.596. The van der Waals surface area contributed by atoms with Crippen molar-refractivity contribution >= 4 is 29.0 Å². The van der Waals surface area contributed by atoms with E-state index in [1.165, 1.54) is 6.07 Å². The molecule has 8 heteroatoms. The van der Waals surface area contributed by atoms with Crippen molar-refractivity contribution in [1.82, 2.24) is 10.5 Å². The molecule has 7 nitrogen and oxygen atoms in total. The van der Waals surface area contributed by atoms with Crippen LogP contribution in [0.15, 0.2) is 27.4 Å². The lowest BCUT2D eigenvalue weighted by Crippen LogP contribution is -2.36. The SMILES string of the molecule is Cc1cc(NC(=O)C(=O)NCC[C@@H](CCO)c2ccsc2)no1. The van der Waals surface area contributed by atoms with E-state index in [1.54, 1.807) is 18.3 Å². The van der Waals surface area contributed by atoms with Crippen LogP contribution in [0.2, 0.25) is 0 Å². The summed E-state index contributed by atoms with van der Waals surface area (Å²) in [5.41, 5.74) is 1.14. The number of aliphatic hydroxyl groups is 1. The summed E-state index contributed by atoms with van der Waals surface area (Å²) in [5, 5.41) is 21.7. The molecule has 0 aromatic carbocycles. The third-order valence-electron chi connectivity index (χ3n) is 3.35. The van der Waals surface area contributed by atoms with Crippen molar-refractivity contribution in [1.29, 1.82) is 0 Å². The van der Waals surface area contributed by atoms with Crippen LogP contribution in [0.5, 0.6) is 0 Å². The Balaban J connectivity index is 1.77. The van der Waals surface area contributed by atoms with Gasteiger partial charge in [0.25, 0.3) is 0 Å². The fourth-order valence-electron chi connectivity index (χ4n) is 2.18. The molecule has 0 radical (unpaired) electrons. The van der Waals surface area contributed by atoms with Gasteiger partial charge in [0, 0.05) is 19.2 Å². The van der Waals surface area contributed by atoms with E-state index in [9.17, 15) is 9.59 Å². The monoisotopic (exact) mass is 337 g/mol. The predicted molar refractivity (Wildman–Crippen MR) is 86.3 cm³/mol. The smallest absolute Gasteiger partial charge is 0.314 e. The molecule has 1 atom stereocenters. The molecule has 0 saturated heterocycles. The number of rotatable bonds is 7. The average Bonchev–Trinajstić information content (AvgIpc) is 3.18. The minimum atomic E-state index is -0.785. The standard InChI is InChI=1S/C15H19N3O4S/c1-10-8-13(18-22-10)17-15(21)14(20)16-5-2-11(3-6-19)12-4-7-23-9-12/h4,7-9,11,19H,2-3,5-6H2,1H3,(H,16,20)(H,17,18,21)/t11-/m0/s1. The van der Waals surface area contributed by atoms with E-state index in [-0.39, 0.29) is 18.3 Å². The zero-order valence-corrected chi connectivity index (χ0v) is 13.6. The summed E-state index contributed by atoms with van der Waals surface area (Å²) < 4.78 is 4.81. The first kappa shape index (κ1) is 17.2. The van der Waals surface area contributed by atoms with Gasteiger partial charge in [-0.1, -0.05) is 5.16 Å². The van der Waals surface area contributed by atoms with Crippen molar-refractivity contribution in [2.24, 2.45) is 0 Å². The minimum Gasteiger partial charge on any atom is -0.396 e. The largest absolute Gasteiger partial charge is 0.396 e. The van der Waals surface area contributed by atoms with E-state index in [2.05, 4.69) is 15.8 Å². The molecule has 2 aromatic rings. The lowest BCUT2D eigenvalue weighted by molar-refractivity contribution is -0.136. The lowest BCUT2D eigenvalue weighted by Gasteiger charge is -2.14. The third kappa shape index (κ3) is 5.19. The zero-order chi connectivity index (χ0) is 16.7. The summed E-state index contributed by atoms with van der Waals surface area (Å²) >= 11 is 1.59. The predicted octanol–water partition coefficient (Wildman–Crippen LogP) is 1.66. The molecule has 2 rings (SSSR count). The Kier molecular flexibility index (Phi) is 6.30. The summed E-state index contributed by atoms with van der Waals surface area (Å²) in [6.45, 7) is 2.12. The number of nitrogens with zero attached hydrogens (tertiary/aromatic N) is 1. The highest BCUT2D eigenvalue weighted by Crippen LogP contribution is 2.24. The number of nitrogens with one attached hydrogen (secondary N) is 2. The number of hydrogen-bond donors (Lipinski definition) is 3. The molecule has 3 N–H and O–H groups in total. The Bertz CT molecular complexity index is 639. The Morgan fingerprint density at radius 1 is 1.39 bits per heavy atom. The number of aromatic nitrogens is 1. The number of aliphatic hydroxyl groups excluding tert-OH is 1. The number of hydrogen-bond acceptors (Lipinski definition) is 6. The highest BCUT2D eigenvalue weighted by atomic mass is 32.1. The summed E-state index contributed by atoms with van der Waals surface area (Å²) in [6.07, 6.45) is 1.27. The molecule has 0 aliphatic heterocycles. The lowest BCUT2D eigenvalue weighted by atomic mass is 9.95. The van der Waals surface area contributed by atoms with E-state index in [4.69, 9.17) is 9.63 Å². The van der Waals surface area contributed by atoms with E-state index >= 15 is 0 Å². The van der Waals surface area contributed by atoms with Gasteiger partial charge in [0.1, 0.15) is 5.76 Å². The molecule has 2 amide bonds. The van der Waals surface area contributed by atoms with Gasteiger partial charge in [0.2, 0.25) is 0 Å². The molecule has 0 spiro atoms. The number of anilines is 1. The maximum atomic E-state index is 11.8. The van der Waals surface area contributed by atoms with Crippen molar-refractivity contribution < 1.29 is 19.2 Å². The van der Waals surface area contributed by atoms with Gasteiger partial charge in [-0.3, -0.25) is 14.9 Å². The highest BCUT2D eigenvalue weighted by Gasteiger charge is 2.17. The molecule has 2 heterocycles. The van der Waals surface area contributed by atoms with Crippen molar-refractivity contribution in [3.63, 3.8) is 0 Å². The maximum absolute atomic E-state index is 11.8. The first-order valence-electron chi connectivity index (χ1n) is 7.25. The van der Waals surface area contributed by atoms with Gasteiger partial charge in [0.05, 0.1) is 0 Å². The van der Waals surface area contributed by atoms with Crippen molar-refractivity contribution in [2.45, 2.75) is 25.7 Å². The molecule has 0 aliphatic carbocycles. The molecule has 23 heavy (non-hydrogen) atoms. The van der Waals surface area contributed by atoms with Gasteiger partial charge < -0.3 is 14.9 Å². The second kappa shape index (κ2) is 8.44. The second-order valence-corrected chi connectivity index (χ2v) is 5.87. The number of thiophene rings is 1. The van der Waals surface area contributed by atoms with Crippen LogP contribution in [0.4, 0.5) is 5.82 Å². The Morgan fingerprint density at radius 2 is 2.22 bits per heavy atom. The Labute approximate surface area is 137 Å². The number of carbonyl (C=O) groups excluding carboxylic acids is 2. The quantitative estimate of drug-likeness (QED) is 0.667. The van der Waals surface area contributed by atoms with Gasteiger partial charge in [-0.15, -0.1) is 0 Å². The van der Waals surface area contributed by atoms with E-state index in [1.807, 2.05) is 16.8 Å².